The Balaban J connectivity index is 1.37. The molecule has 5 rings (SSSR count). The Bertz CT molecular complexity index is 1330. The first-order valence-electron chi connectivity index (χ1n) is 12.1. The average molecular weight is 485 g/mol. The Morgan fingerprint density at radius 1 is 0.917 bits per heavy atom. The molecule has 1 saturated heterocycles. The van der Waals surface area contributed by atoms with Crippen LogP contribution in [0.5, 0.6) is 5.75 Å². The van der Waals surface area contributed by atoms with Crippen molar-refractivity contribution in [1.29, 1.82) is 0 Å². The first kappa shape index (κ1) is 23.8. The highest BCUT2D eigenvalue weighted by Crippen LogP contribution is 2.33. The SMILES string of the molecule is O=C([O-])N1CCC(c2ccc(F)cc2)C(OCc2cc(OCc3ccccc3)c3ccccc3c2)C1. The molecule has 0 spiro atoms. The van der Waals surface area contributed by atoms with Gasteiger partial charge in [0.15, 0.2) is 0 Å². The van der Waals surface area contributed by atoms with Crippen LogP contribution in [0.4, 0.5) is 9.18 Å². The lowest BCUT2D eigenvalue weighted by Crippen LogP contribution is -2.51. The van der Waals surface area contributed by atoms with Gasteiger partial charge >= 0.3 is 0 Å². The number of carboxylic acid groups (broad SMARTS) is 1. The van der Waals surface area contributed by atoms with E-state index in [0.29, 0.717) is 19.6 Å². The molecule has 1 amide bonds. The number of carbonyl (C=O) groups excluding carboxylic acids is 1. The number of nitrogens with zero attached hydrogens (tertiary/aromatic N) is 1. The van der Waals surface area contributed by atoms with E-state index in [1.807, 2.05) is 60.7 Å². The number of carbonyl (C=O) groups is 1. The van der Waals surface area contributed by atoms with Crippen molar-refractivity contribution in [1.82, 2.24) is 4.90 Å². The first-order valence-corrected chi connectivity index (χ1v) is 12.1. The van der Waals surface area contributed by atoms with Crippen LogP contribution < -0.4 is 9.84 Å². The normalized spacial score (nSPS) is 17.8. The van der Waals surface area contributed by atoms with Gasteiger partial charge in [0.05, 0.1) is 12.7 Å². The predicted octanol–water partition coefficient (Wildman–Crippen LogP) is 5.28. The molecule has 1 heterocycles. The molecule has 2 unspecified atom stereocenters. The number of ether oxygens (including phenoxy) is 2. The average Bonchev–Trinajstić information content (AvgIpc) is 2.91. The molecule has 0 N–H and O–H groups in total. The van der Waals surface area contributed by atoms with Gasteiger partial charge in [-0.25, -0.2) is 4.39 Å². The summed E-state index contributed by atoms with van der Waals surface area (Å²) in [5.74, 6) is 0.420. The molecule has 0 aliphatic carbocycles. The number of piperidine rings is 1. The van der Waals surface area contributed by atoms with Gasteiger partial charge in [-0.3, -0.25) is 0 Å². The molecule has 0 bridgehead atoms. The third kappa shape index (κ3) is 5.50. The van der Waals surface area contributed by atoms with Gasteiger partial charge in [0, 0.05) is 24.4 Å². The Hall–Kier alpha value is -3.90. The Labute approximate surface area is 209 Å². The highest BCUT2D eigenvalue weighted by Gasteiger charge is 2.31. The van der Waals surface area contributed by atoms with E-state index in [2.05, 4.69) is 6.07 Å². The molecule has 36 heavy (non-hydrogen) atoms. The largest absolute Gasteiger partial charge is 0.530 e. The second kappa shape index (κ2) is 10.8. The van der Waals surface area contributed by atoms with Gasteiger partial charge in [-0.2, -0.15) is 0 Å². The predicted molar refractivity (Wildman–Crippen MR) is 134 cm³/mol. The van der Waals surface area contributed by atoms with Crippen LogP contribution in [0.2, 0.25) is 0 Å². The zero-order valence-electron chi connectivity index (χ0n) is 19.8. The van der Waals surface area contributed by atoms with E-state index in [1.54, 1.807) is 12.1 Å². The van der Waals surface area contributed by atoms with Crippen molar-refractivity contribution in [2.24, 2.45) is 0 Å². The molecule has 1 fully saturated rings. The summed E-state index contributed by atoms with van der Waals surface area (Å²) < 4.78 is 26.0. The molecular weight excluding hydrogens is 457 g/mol. The number of benzene rings is 4. The van der Waals surface area contributed by atoms with Gasteiger partial charge in [0.25, 0.3) is 0 Å². The van der Waals surface area contributed by atoms with Crippen molar-refractivity contribution in [3.05, 3.63) is 114 Å². The van der Waals surface area contributed by atoms with E-state index in [1.165, 1.54) is 17.0 Å². The number of hydrogen-bond acceptors (Lipinski definition) is 4. The van der Waals surface area contributed by atoms with Gasteiger partial charge < -0.3 is 24.3 Å². The minimum Gasteiger partial charge on any atom is -0.530 e. The number of halogens is 1. The maximum atomic E-state index is 13.5. The molecule has 0 radical (unpaired) electrons. The van der Waals surface area contributed by atoms with Gasteiger partial charge in [0.1, 0.15) is 24.3 Å². The van der Waals surface area contributed by atoms with Crippen molar-refractivity contribution in [3.8, 4) is 5.75 Å². The van der Waals surface area contributed by atoms with Crippen molar-refractivity contribution in [2.75, 3.05) is 13.1 Å². The monoisotopic (exact) mass is 484 g/mol. The molecule has 6 heteroatoms. The fraction of sp³-hybridized carbons (Fsp3) is 0.233. The first-order chi connectivity index (χ1) is 17.6. The summed E-state index contributed by atoms with van der Waals surface area (Å²) in [6.07, 6.45) is -1.02. The lowest BCUT2D eigenvalue weighted by atomic mass is 9.87. The summed E-state index contributed by atoms with van der Waals surface area (Å²) >= 11 is 0. The minimum absolute atomic E-state index is 0.0459. The Morgan fingerprint density at radius 2 is 1.67 bits per heavy atom. The fourth-order valence-electron chi connectivity index (χ4n) is 4.82. The molecule has 0 saturated carbocycles. The molecule has 1 aliphatic rings. The summed E-state index contributed by atoms with van der Waals surface area (Å²) in [4.78, 5) is 12.8. The topological polar surface area (TPSA) is 61.8 Å². The number of rotatable bonds is 7. The van der Waals surface area contributed by atoms with Crippen molar-refractivity contribution in [2.45, 2.75) is 31.7 Å². The second-order valence-electron chi connectivity index (χ2n) is 9.10. The van der Waals surface area contributed by atoms with Crippen LogP contribution in [0.3, 0.4) is 0 Å². The third-order valence-electron chi connectivity index (χ3n) is 6.70. The summed E-state index contributed by atoms with van der Waals surface area (Å²) in [6, 6.07) is 28.4. The minimum atomic E-state index is -1.21. The number of hydrogen-bond donors (Lipinski definition) is 0. The Morgan fingerprint density at radius 3 is 2.44 bits per heavy atom. The van der Waals surface area contributed by atoms with Crippen molar-refractivity contribution in [3.63, 3.8) is 0 Å². The van der Waals surface area contributed by atoms with Crippen LogP contribution >= 0.6 is 0 Å². The van der Waals surface area contributed by atoms with Crippen molar-refractivity contribution < 1.29 is 23.8 Å². The Kier molecular flexibility index (Phi) is 7.14. The molecule has 0 aromatic heterocycles. The van der Waals surface area contributed by atoms with E-state index < -0.39 is 6.09 Å². The smallest absolute Gasteiger partial charge is 0.137 e. The van der Waals surface area contributed by atoms with E-state index >= 15 is 0 Å². The molecule has 4 aromatic carbocycles. The summed E-state index contributed by atoms with van der Waals surface area (Å²) in [5, 5.41) is 13.6. The fourth-order valence-corrected chi connectivity index (χ4v) is 4.82. The second-order valence-corrected chi connectivity index (χ2v) is 9.10. The maximum absolute atomic E-state index is 13.5. The van der Waals surface area contributed by atoms with Crippen LogP contribution in [-0.2, 0) is 18.0 Å². The molecule has 4 aromatic rings. The summed E-state index contributed by atoms with van der Waals surface area (Å²) in [7, 11) is 0. The quantitative estimate of drug-likeness (QED) is 0.358. The van der Waals surface area contributed by atoms with Crippen LogP contribution in [0.25, 0.3) is 10.8 Å². The van der Waals surface area contributed by atoms with Crippen LogP contribution in [-0.4, -0.2) is 30.2 Å². The van der Waals surface area contributed by atoms with Crippen LogP contribution in [0, 0.1) is 5.82 Å². The lowest BCUT2D eigenvalue weighted by molar-refractivity contribution is -0.268. The molecule has 1 aliphatic heterocycles. The molecular formula is C30H27FNO4-. The van der Waals surface area contributed by atoms with E-state index in [4.69, 9.17) is 9.47 Å². The van der Waals surface area contributed by atoms with E-state index in [-0.39, 0.29) is 31.0 Å². The molecule has 184 valence electrons. The van der Waals surface area contributed by atoms with Gasteiger partial charge in [-0.1, -0.05) is 66.7 Å². The highest BCUT2D eigenvalue weighted by atomic mass is 19.1. The van der Waals surface area contributed by atoms with E-state index in [9.17, 15) is 14.3 Å². The third-order valence-corrected chi connectivity index (χ3v) is 6.70. The number of fused-ring (bicyclic) bond motifs is 1. The van der Waals surface area contributed by atoms with Crippen LogP contribution in [0.15, 0.2) is 91.0 Å². The summed E-state index contributed by atoms with van der Waals surface area (Å²) in [6.45, 7) is 1.30. The molecule has 5 nitrogen and oxygen atoms in total. The van der Waals surface area contributed by atoms with Gasteiger partial charge in [-0.15, -0.1) is 0 Å². The number of amides is 1. The van der Waals surface area contributed by atoms with E-state index in [0.717, 1.165) is 33.2 Å². The lowest BCUT2D eigenvalue weighted by Gasteiger charge is -2.40. The molecule has 2 atom stereocenters. The summed E-state index contributed by atoms with van der Waals surface area (Å²) in [5.41, 5.74) is 2.94. The highest BCUT2D eigenvalue weighted by molar-refractivity contribution is 5.89. The standard InChI is InChI=1S/C30H28FNO4/c31-25-12-10-23(11-13-25)27-14-15-32(30(33)34)18-29(27)36-20-22-16-24-8-4-5-9-26(24)28(17-22)35-19-21-6-2-1-3-7-21/h1-13,16-17,27,29H,14-15,18-20H2,(H,33,34)/p-1. The van der Waals surface area contributed by atoms with Crippen molar-refractivity contribution >= 4 is 16.9 Å². The van der Waals surface area contributed by atoms with Gasteiger partial charge in [0.2, 0.25) is 0 Å². The zero-order chi connectivity index (χ0) is 24.9. The van der Waals surface area contributed by atoms with Gasteiger partial charge in [-0.05, 0) is 52.8 Å². The zero-order valence-corrected chi connectivity index (χ0v) is 19.8. The maximum Gasteiger partial charge on any atom is 0.137 e. The number of likely N-dealkylation sites (tertiary alicyclic amines) is 1. The van der Waals surface area contributed by atoms with Crippen LogP contribution in [0.1, 0.15) is 29.0 Å².